The second-order valence-corrected chi connectivity index (χ2v) is 11.0. The van der Waals surface area contributed by atoms with E-state index in [1.807, 2.05) is 31.0 Å². The Bertz CT molecular complexity index is 1360. The molecule has 188 valence electrons. The molecule has 1 aliphatic heterocycles. The summed E-state index contributed by atoms with van der Waals surface area (Å²) in [6, 6.07) is 8.02. The summed E-state index contributed by atoms with van der Waals surface area (Å²) in [6.07, 6.45) is 3.53. The average Bonchev–Trinajstić information content (AvgIpc) is 3.24. The number of hydrogen-bond acceptors (Lipinski definition) is 7. The van der Waals surface area contributed by atoms with E-state index in [2.05, 4.69) is 9.71 Å². The number of carbonyl (C=O) groups is 1. The van der Waals surface area contributed by atoms with Gasteiger partial charge >= 0.3 is 0 Å². The number of sulfonamides is 1. The summed E-state index contributed by atoms with van der Waals surface area (Å²) in [5.41, 5.74) is 2.63. The van der Waals surface area contributed by atoms with E-state index in [-0.39, 0.29) is 29.8 Å². The van der Waals surface area contributed by atoms with Gasteiger partial charge in [0.05, 0.1) is 35.8 Å². The number of anilines is 2. The zero-order chi connectivity index (χ0) is 25.3. The topological polar surface area (TPSA) is 120 Å². The number of aromatic nitrogens is 3. The highest BCUT2D eigenvalue weighted by molar-refractivity contribution is 7.92. The maximum atomic E-state index is 13.7. The minimum atomic E-state index is -3.59. The number of aryl methyl sites for hydroxylation is 1. The number of nitrogens with zero attached hydrogens (tertiary/aromatic N) is 5. The van der Waals surface area contributed by atoms with E-state index in [0.29, 0.717) is 23.8 Å². The summed E-state index contributed by atoms with van der Waals surface area (Å²) in [7, 11) is -1.73. The highest BCUT2D eigenvalue weighted by Gasteiger charge is 2.32. The van der Waals surface area contributed by atoms with Crippen molar-refractivity contribution >= 4 is 44.7 Å². The maximum absolute atomic E-state index is 13.7. The Hall–Kier alpha value is -2.89. The van der Waals surface area contributed by atoms with Crippen LogP contribution in [0.25, 0.3) is 5.65 Å². The van der Waals surface area contributed by atoms with E-state index < -0.39 is 10.0 Å². The van der Waals surface area contributed by atoms with E-state index in [9.17, 15) is 18.3 Å². The molecule has 3 heterocycles. The number of rotatable bonds is 7. The number of carbonyl (C=O) groups excluding carboxylic acids is 1. The summed E-state index contributed by atoms with van der Waals surface area (Å²) in [4.78, 5) is 22.0. The number of halogens is 1. The molecule has 1 saturated heterocycles. The smallest absolute Gasteiger partial charge is 0.256 e. The number of aliphatic hydroxyl groups excluding tert-OH is 1. The van der Waals surface area contributed by atoms with Gasteiger partial charge in [-0.1, -0.05) is 11.6 Å². The number of nitrogens with one attached hydrogen (secondary N) is 1. The highest BCUT2D eigenvalue weighted by Crippen LogP contribution is 2.34. The minimum Gasteiger partial charge on any atom is -0.395 e. The van der Waals surface area contributed by atoms with Gasteiger partial charge in [-0.3, -0.25) is 9.52 Å². The molecule has 3 aromatic rings. The van der Waals surface area contributed by atoms with Crippen molar-refractivity contribution in [2.24, 2.45) is 0 Å². The fourth-order valence-electron chi connectivity index (χ4n) is 4.37. The summed E-state index contributed by atoms with van der Waals surface area (Å²) in [5.74, 6) is 0.413. The van der Waals surface area contributed by atoms with Gasteiger partial charge in [-0.25, -0.2) is 17.9 Å². The molecule has 1 fully saturated rings. The van der Waals surface area contributed by atoms with Crippen LogP contribution in [0.5, 0.6) is 0 Å². The molecule has 0 spiro atoms. The van der Waals surface area contributed by atoms with Crippen LogP contribution in [0, 0.1) is 6.92 Å². The SMILES string of the molecule is Cc1cc(N(C)CCO)nc2cc(C3CCCCN3C(=O)c3cc(Cl)ccc3NS(C)(=O)=O)nn12. The summed E-state index contributed by atoms with van der Waals surface area (Å²) in [6.45, 7) is 2.92. The Balaban J connectivity index is 1.71. The molecule has 1 atom stereocenters. The van der Waals surface area contributed by atoms with Crippen molar-refractivity contribution in [2.75, 3.05) is 42.6 Å². The lowest BCUT2D eigenvalue weighted by atomic mass is 9.98. The van der Waals surface area contributed by atoms with E-state index >= 15 is 0 Å². The molecule has 10 nitrogen and oxygen atoms in total. The minimum absolute atomic E-state index is 0.0196. The van der Waals surface area contributed by atoms with Crippen LogP contribution in [0.1, 0.15) is 47.1 Å². The number of benzene rings is 1. The molecule has 0 aliphatic carbocycles. The normalized spacial score (nSPS) is 16.5. The number of aliphatic hydroxyl groups is 1. The van der Waals surface area contributed by atoms with Crippen molar-refractivity contribution < 1.29 is 18.3 Å². The molecule has 1 aromatic carbocycles. The monoisotopic (exact) mass is 520 g/mol. The fourth-order valence-corrected chi connectivity index (χ4v) is 5.12. The number of fused-ring (bicyclic) bond motifs is 1. The second-order valence-electron chi connectivity index (χ2n) is 8.81. The standard InChI is InChI=1S/C23H29ClN6O4S/c1-15-12-21(28(2)10-11-31)25-22-14-19(26-30(15)22)20-6-4-5-9-29(20)23(32)17-13-16(24)7-8-18(17)27-35(3,33)34/h7-8,12-14,20,27,31H,4-6,9-11H2,1-3H3. The van der Waals surface area contributed by atoms with Crippen molar-refractivity contribution in [2.45, 2.75) is 32.2 Å². The maximum Gasteiger partial charge on any atom is 0.256 e. The first-order valence-corrected chi connectivity index (χ1v) is 13.6. The molecule has 1 unspecified atom stereocenters. The first-order valence-electron chi connectivity index (χ1n) is 11.3. The van der Waals surface area contributed by atoms with Crippen LogP contribution in [0.3, 0.4) is 0 Å². The van der Waals surface area contributed by atoms with Gasteiger partial charge in [-0.2, -0.15) is 5.10 Å². The molecule has 2 N–H and O–H groups in total. The van der Waals surface area contributed by atoms with E-state index in [1.165, 1.54) is 12.1 Å². The molecule has 4 rings (SSSR count). The molecule has 0 radical (unpaired) electrons. The van der Waals surface area contributed by atoms with Crippen molar-refractivity contribution in [3.8, 4) is 0 Å². The Kier molecular flexibility index (Phi) is 7.20. The highest BCUT2D eigenvalue weighted by atomic mass is 35.5. The third-order valence-electron chi connectivity index (χ3n) is 6.05. The predicted octanol–water partition coefficient (Wildman–Crippen LogP) is 2.86. The Morgan fingerprint density at radius 1 is 1.29 bits per heavy atom. The van der Waals surface area contributed by atoms with Gasteiger partial charge in [0.25, 0.3) is 5.91 Å². The molecule has 0 saturated carbocycles. The largest absolute Gasteiger partial charge is 0.395 e. The van der Waals surface area contributed by atoms with Gasteiger partial charge in [0.15, 0.2) is 5.65 Å². The number of likely N-dealkylation sites (tertiary alicyclic amines) is 1. The van der Waals surface area contributed by atoms with Gasteiger partial charge in [-0.15, -0.1) is 0 Å². The summed E-state index contributed by atoms with van der Waals surface area (Å²) >= 11 is 6.17. The van der Waals surface area contributed by atoms with Crippen LogP contribution < -0.4 is 9.62 Å². The van der Waals surface area contributed by atoms with Crippen LogP contribution in [-0.2, 0) is 10.0 Å². The number of likely N-dealkylation sites (N-methyl/N-ethyl adjacent to an activating group) is 1. The molecule has 0 bridgehead atoms. The van der Waals surface area contributed by atoms with Gasteiger partial charge in [0.2, 0.25) is 10.0 Å². The number of piperidine rings is 1. The lowest BCUT2D eigenvalue weighted by Gasteiger charge is -2.35. The molecule has 1 amide bonds. The zero-order valence-corrected chi connectivity index (χ0v) is 21.5. The first kappa shape index (κ1) is 25.2. The van der Waals surface area contributed by atoms with Gasteiger partial charge < -0.3 is 14.9 Å². The zero-order valence-electron chi connectivity index (χ0n) is 19.9. The number of amides is 1. The fraction of sp³-hybridized carbons (Fsp3) is 0.435. The van der Waals surface area contributed by atoms with E-state index in [1.54, 1.807) is 15.5 Å². The second kappa shape index (κ2) is 10.00. The molecule has 1 aliphatic rings. The van der Waals surface area contributed by atoms with Crippen molar-refractivity contribution in [1.82, 2.24) is 19.5 Å². The van der Waals surface area contributed by atoms with E-state index in [4.69, 9.17) is 16.7 Å². The van der Waals surface area contributed by atoms with Crippen LogP contribution in [0.15, 0.2) is 30.3 Å². The predicted molar refractivity (Wildman–Crippen MR) is 136 cm³/mol. The third kappa shape index (κ3) is 5.52. The first-order chi connectivity index (χ1) is 16.6. The number of hydrogen-bond donors (Lipinski definition) is 2. The van der Waals surface area contributed by atoms with Crippen LogP contribution in [0.2, 0.25) is 5.02 Å². The lowest BCUT2D eigenvalue weighted by Crippen LogP contribution is -2.39. The van der Waals surface area contributed by atoms with E-state index in [0.717, 1.165) is 42.7 Å². The summed E-state index contributed by atoms with van der Waals surface area (Å²) in [5, 5.41) is 14.4. The van der Waals surface area contributed by atoms with Crippen LogP contribution in [0.4, 0.5) is 11.5 Å². The van der Waals surface area contributed by atoms with Gasteiger partial charge in [0.1, 0.15) is 5.82 Å². The molecule has 2 aromatic heterocycles. The lowest BCUT2D eigenvalue weighted by molar-refractivity contribution is 0.0607. The van der Waals surface area contributed by atoms with Gasteiger partial charge in [0, 0.05) is 43.0 Å². The quantitative estimate of drug-likeness (QED) is 0.491. The molecule has 35 heavy (non-hydrogen) atoms. The Labute approximate surface area is 209 Å². The van der Waals surface area contributed by atoms with Crippen LogP contribution >= 0.6 is 11.6 Å². The Morgan fingerprint density at radius 3 is 2.77 bits per heavy atom. The Morgan fingerprint density at radius 2 is 2.06 bits per heavy atom. The molecular formula is C23H29ClN6O4S. The average molecular weight is 521 g/mol. The van der Waals surface area contributed by atoms with Crippen molar-refractivity contribution in [3.05, 3.63) is 52.3 Å². The van der Waals surface area contributed by atoms with Crippen LogP contribution in [-0.4, -0.2) is 71.9 Å². The molecular weight excluding hydrogens is 492 g/mol. The van der Waals surface area contributed by atoms with Crippen molar-refractivity contribution in [1.29, 1.82) is 0 Å². The third-order valence-corrected chi connectivity index (χ3v) is 6.88. The van der Waals surface area contributed by atoms with Gasteiger partial charge in [-0.05, 0) is 44.4 Å². The van der Waals surface area contributed by atoms with Crippen molar-refractivity contribution in [3.63, 3.8) is 0 Å². The summed E-state index contributed by atoms with van der Waals surface area (Å²) < 4.78 is 27.9. The molecule has 12 heteroatoms.